The smallest absolute Gasteiger partial charge is 0.118 e. The maximum atomic E-state index is 9.81. The fourth-order valence-electron chi connectivity index (χ4n) is 2.42. The minimum atomic E-state index is -0.418. The van der Waals surface area contributed by atoms with Gasteiger partial charge in [0.25, 0.3) is 0 Å². The first kappa shape index (κ1) is 12.7. The molecule has 2 rings (SSSR count). The lowest BCUT2D eigenvalue weighted by Crippen LogP contribution is -2.54. The Balaban J connectivity index is 2.15. The molecule has 0 aromatic heterocycles. The molecule has 94 valence electrons. The number of halogens is 1. The number of aromatic hydroxyl groups is 1. The van der Waals surface area contributed by atoms with Gasteiger partial charge < -0.3 is 10.8 Å². The van der Waals surface area contributed by atoms with Gasteiger partial charge in [0, 0.05) is 11.4 Å². The second kappa shape index (κ2) is 4.84. The van der Waals surface area contributed by atoms with Crippen LogP contribution in [-0.4, -0.2) is 28.8 Å². The van der Waals surface area contributed by atoms with E-state index in [4.69, 9.17) is 17.3 Å². The van der Waals surface area contributed by atoms with Crippen LogP contribution in [-0.2, 0) is 6.42 Å². The number of likely N-dealkylation sites (tertiary alicyclic amines) is 1. The Hall–Kier alpha value is -0.770. The number of nitrogens with zero attached hydrogens (tertiary/aromatic N) is 1. The van der Waals surface area contributed by atoms with Gasteiger partial charge in [0.2, 0.25) is 0 Å². The number of phenolic OH excluding ortho intramolecular Hbond substituents is 1. The molecule has 0 saturated carbocycles. The molecule has 3 N–H and O–H groups in total. The van der Waals surface area contributed by atoms with Gasteiger partial charge in [0.15, 0.2) is 0 Å². The third-order valence-electron chi connectivity index (χ3n) is 3.42. The molecule has 0 bridgehead atoms. The zero-order chi connectivity index (χ0) is 12.5. The minimum absolute atomic E-state index is 0.269. The van der Waals surface area contributed by atoms with E-state index in [1.165, 1.54) is 12.8 Å². The molecule has 1 atom stereocenters. The zero-order valence-corrected chi connectivity index (χ0v) is 10.9. The lowest BCUT2D eigenvalue weighted by molar-refractivity contribution is 0.141. The number of nitrogens with two attached hydrogens (primary N) is 1. The van der Waals surface area contributed by atoms with Crippen LogP contribution in [0.15, 0.2) is 18.2 Å². The van der Waals surface area contributed by atoms with E-state index in [0.717, 1.165) is 18.7 Å². The second-order valence-electron chi connectivity index (χ2n) is 5.00. The molecular formula is C13H19ClN2O. The summed E-state index contributed by atoms with van der Waals surface area (Å²) in [6.45, 7) is 4.08. The first-order valence-corrected chi connectivity index (χ1v) is 6.38. The van der Waals surface area contributed by atoms with E-state index in [0.29, 0.717) is 11.4 Å². The summed E-state index contributed by atoms with van der Waals surface area (Å²) in [6.07, 6.45) is 3.02. The van der Waals surface area contributed by atoms with Gasteiger partial charge in [-0.05, 0) is 56.6 Å². The molecule has 17 heavy (non-hydrogen) atoms. The van der Waals surface area contributed by atoms with Crippen LogP contribution in [0.3, 0.4) is 0 Å². The average molecular weight is 255 g/mol. The summed E-state index contributed by atoms with van der Waals surface area (Å²) in [5, 5.41) is 10.4. The molecule has 0 aliphatic carbocycles. The number of hydrogen-bond donors (Lipinski definition) is 2. The van der Waals surface area contributed by atoms with Gasteiger partial charge in [0.1, 0.15) is 5.75 Å². The van der Waals surface area contributed by atoms with E-state index < -0.39 is 5.66 Å². The topological polar surface area (TPSA) is 49.5 Å². The fourth-order valence-corrected chi connectivity index (χ4v) is 2.62. The van der Waals surface area contributed by atoms with Gasteiger partial charge in [-0.1, -0.05) is 11.6 Å². The summed E-state index contributed by atoms with van der Waals surface area (Å²) in [5.74, 6) is 0.269. The fraction of sp³-hybridized carbons (Fsp3) is 0.538. The van der Waals surface area contributed by atoms with Crippen LogP contribution in [0.1, 0.15) is 25.3 Å². The molecule has 1 heterocycles. The van der Waals surface area contributed by atoms with E-state index in [9.17, 15) is 5.11 Å². The monoisotopic (exact) mass is 254 g/mol. The zero-order valence-electron chi connectivity index (χ0n) is 10.1. The molecule has 0 radical (unpaired) electrons. The summed E-state index contributed by atoms with van der Waals surface area (Å²) in [6, 6.07) is 5.10. The Labute approximate surface area is 107 Å². The number of rotatable bonds is 3. The SMILES string of the molecule is CC(N)(Cc1cc(Cl)ccc1O)N1CCCC1. The van der Waals surface area contributed by atoms with Crippen molar-refractivity contribution in [3.8, 4) is 5.75 Å². The van der Waals surface area contributed by atoms with Crippen molar-refractivity contribution in [2.75, 3.05) is 13.1 Å². The molecule has 1 saturated heterocycles. The molecule has 0 amide bonds. The Kier molecular flexibility index (Phi) is 3.61. The van der Waals surface area contributed by atoms with Crippen molar-refractivity contribution in [3.05, 3.63) is 28.8 Å². The largest absolute Gasteiger partial charge is 0.508 e. The normalized spacial score (nSPS) is 20.4. The van der Waals surface area contributed by atoms with Crippen molar-refractivity contribution in [3.63, 3.8) is 0 Å². The van der Waals surface area contributed by atoms with Crippen LogP contribution >= 0.6 is 11.6 Å². The van der Waals surface area contributed by atoms with Crippen molar-refractivity contribution in [2.45, 2.75) is 31.8 Å². The maximum Gasteiger partial charge on any atom is 0.118 e. The molecular weight excluding hydrogens is 236 g/mol. The molecule has 3 nitrogen and oxygen atoms in total. The lowest BCUT2D eigenvalue weighted by Gasteiger charge is -2.35. The molecule has 4 heteroatoms. The molecule has 1 aliphatic rings. The van der Waals surface area contributed by atoms with Gasteiger partial charge in [-0.2, -0.15) is 0 Å². The maximum absolute atomic E-state index is 9.81. The average Bonchev–Trinajstić information content (AvgIpc) is 2.77. The highest BCUT2D eigenvalue weighted by Crippen LogP contribution is 2.27. The third kappa shape index (κ3) is 2.92. The first-order valence-electron chi connectivity index (χ1n) is 6.00. The summed E-state index contributed by atoms with van der Waals surface area (Å²) in [7, 11) is 0. The Bertz CT molecular complexity index is 400. The predicted molar refractivity (Wildman–Crippen MR) is 70.2 cm³/mol. The molecule has 1 unspecified atom stereocenters. The van der Waals surface area contributed by atoms with Gasteiger partial charge in [-0.15, -0.1) is 0 Å². The highest BCUT2D eigenvalue weighted by molar-refractivity contribution is 6.30. The van der Waals surface area contributed by atoms with E-state index >= 15 is 0 Å². The summed E-state index contributed by atoms with van der Waals surface area (Å²) >= 11 is 5.94. The first-order chi connectivity index (χ1) is 7.99. The van der Waals surface area contributed by atoms with E-state index in [-0.39, 0.29) is 5.75 Å². The van der Waals surface area contributed by atoms with Crippen molar-refractivity contribution >= 4 is 11.6 Å². The second-order valence-corrected chi connectivity index (χ2v) is 5.44. The number of hydrogen-bond acceptors (Lipinski definition) is 3. The van der Waals surface area contributed by atoms with Crippen molar-refractivity contribution in [1.82, 2.24) is 4.90 Å². The Morgan fingerprint density at radius 3 is 2.71 bits per heavy atom. The molecule has 1 aliphatic heterocycles. The quantitative estimate of drug-likeness (QED) is 0.871. The minimum Gasteiger partial charge on any atom is -0.508 e. The van der Waals surface area contributed by atoms with Gasteiger partial charge in [0.05, 0.1) is 5.66 Å². The highest BCUT2D eigenvalue weighted by Gasteiger charge is 2.30. The van der Waals surface area contributed by atoms with Crippen LogP contribution in [0, 0.1) is 0 Å². The van der Waals surface area contributed by atoms with E-state index in [1.54, 1.807) is 18.2 Å². The van der Waals surface area contributed by atoms with Gasteiger partial charge >= 0.3 is 0 Å². The van der Waals surface area contributed by atoms with E-state index in [2.05, 4.69) is 4.90 Å². The Morgan fingerprint density at radius 2 is 2.06 bits per heavy atom. The standard InChI is InChI=1S/C13H19ClN2O/c1-13(15,16-6-2-3-7-16)9-10-8-11(14)4-5-12(10)17/h4-5,8,17H,2-3,6-7,9,15H2,1H3. The summed E-state index contributed by atoms with van der Waals surface area (Å²) < 4.78 is 0. The molecule has 1 aromatic carbocycles. The van der Waals surface area contributed by atoms with Crippen LogP contribution in [0.2, 0.25) is 5.02 Å². The molecule has 1 fully saturated rings. The van der Waals surface area contributed by atoms with E-state index in [1.807, 2.05) is 6.92 Å². The lowest BCUT2D eigenvalue weighted by atomic mass is 10.00. The number of phenols is 1. The Morgan fingerprint density at radius 1 is 1.41 bits per heavy atom. The highest BCUT2D eigenvalue weighted by atomic mass is 35.5. The van der Waals surface area contributed by atoms with Crippen molar-refractivity contribution in [2.24, 2.45) is 5.73 Å². The van der Waals surface area contributed by atoms with Crippen LogP contribution in [0.4, 0.5) is 0 Å². The summed E-state index contributed by atoms with van der Waals surface area (Å²) in [5.41, 5.74) is 6.74. The van der Waals surface area contributed by atoms with Crippen molar-refractivity contribution in [1.29, 1.82) is 0 Å². The van der Waals surface area contributed by atoms with Gasteiger partial charge in [-0.25, -0.2) is 0 Å². The molecule has 1 aromatic rings. The van der Waals surface area contributed by atoms with Crippen molar-refractivity contribution < 1.29 is 5.11 Å². The van der Waals surface area contributed by atoms with Gasteiger partial charge in [-0.3, -0.25) is 4.90 Å². The third-order valence-corrected chi connectivity index (χ3v) is 3.65. The van der Waals surface area contributed by atoms with Crippen LogP contribution in [0.5, 0.6) is 5.75 Å². The number of benzene rings is 1. The predicted octanol–water partition coefficient (Wildman–Crippen LogP) is 2.36. The summed E-state index contributed by atoms with van der Waals surface area (Å²) in [4.78, 5) is 2.27. The molecule has 0 spiro atoms. The van der Waals surface area contributed by atoms with Crippen LogP contribution < -0.4 is 5.73 Å². The van der Waals surface area contributed by atoms with Crippen LogP contribution in [0.25, 0.3) is 0 Å².